The Bertz CT molecular complexity index is 1030. The number of nitrogens with one attached hydrogen (secondary N) is 1. The quantitative estimate of drug-likeness (QED) is 0.679. The average Bonchev–Trinajstić information content (AvgIpc) is 3.22. The van der Waals surface area contributed by atoms with Gasteiger partial charge in [0.25, 0.3) is 5.91 Å². The Hall–Kier alpha value is -2.60. The minimum Gasteiger partial charge on any atom is -0.353 e. The lowest BCUT2D eigenvalue weighted by molar-refractivity contribution is -0.125. The smallest absolute Gasteiger partial charge is 0.255 e. The summed E-state index contributed by atoms with van der Waals surface area (Å²) in [4.78, 5) is 26.7. The van der Waals surface area contributed by atoms with Gasteiger partial charge in [-0.05, 0) is 42.1 Å². The minimum absolute atomic E-state index is 0.0745. The number of benzene rings is 2. The molecule has 0 saturated carbocycles. The van der Waals surface area contributed by atoms with Gasteiger partial charge >= 0.3 is 0 Å². The highest BCUT2D eigenvalue weighted by Gasteiger charge is 2.33. The van der Waals surface area contributed by atoms with Crippen molar-refractivity contribution in [3.63, 3.8) is 0 Å². The summed E-state index contributed by atoms with van der Waals surface area (Å²) in [5.74, 6) is -0.205. The molecule has 5 nitrogen and oxygen atoms in total. The van der Waals surface area contributed by atoms with E-state index in [-0.39, 0.29) is 11.8 Å². The Morgan fingerprint density at radius 1 is 1.22 bits per heavy atom. The Morgan fingerprint density at radius 2 is 2.04 bits per heavy atom. The summed E-state index contributed by atoms with van der Waals surface area (Å²) in [6.45, 7) is 3.45. The average molecular weight is 426 g/mol. The van der Waals surface area contributed by atoms with Gasteiger partial charge < -0.3 is 14.8 Å². The molecule has 1 aliphatic rings. The summed E-state index contributed by atoms with van der Waals surface area (Å²) in [5.41, 5.74) is 2.80. The first-order valence-corrected chi connectivity index (χ1v) is 9.75. The van der Waals surface area contributed by atoms with Crippen LogP contribution in [0.2, 0.25) is 0 Å². The number of carbonyl (C=O) groups is 2. The van der Waals surface area contributed by atoms with E-state index in [0.717, 1.165) is 15.6 Å². The van der Waals surface area contributed by atoms with Crippen LogP contribution in [0.4, 0.5) is 0 Å². The number of amides is 2. The maximum atomic E-state index is 12.6. The van der Waals surface area contributed by atoms with Crippen LogP contribution in [0.15, 0.2) is 59.2 Å². The third kappa shape index (κ3) is 3.37. The fourth-order valence-electron chi connectivity index (χ4n) is 3.53. The van der Waals surface area contributed by atoms with Gasteiger partial charge in [0.05, 0.1) is 0 Å². The van der Waals surface area contributed by atoms with Gasteiger partial charge in [0.1, 0.15) is 6.04 Å². The van der Waals surface area contributed by atoms with Crippen molar-refractivity contribution >= 4 is 38.6 Å². The highest BCUT2D eigenvalue weighted by atomic mass is 79.9. The lowest BCUT2D eigenvalue weighted by atomic mass is 10.1. The van der Waals surface area contributed by atoms with Crippen LogP contribution in [-0.2, 0) is 17.9 Å². The Labute approximate surface area is 166 Å². The zero-order valence-corrected chi connectivity index (χ0v) is 16.6. The van der Waals surface area contributed by atoms with Gasteiger partial charge in [-0.15, -0.1) is 0 Å². The minimum atomic E-state index is -0.500. The number of fused-ring (bicyclic) bond motifs is 2. The lowest BCUT2D eigenvalue weighted by Crippen LogP contribution is -2.45. The molecule has 0 fully saturated rings. The Balaban J connectivity index is 1.37. The van der Waals surface area contributed by atoms with Crippen molar-refractivity contribution in [2.24, 2.45) is 0 Å². The first-order valence-electron chi connectivity index (χ1n) is 8.95. The zero-order chi connectivity index (χ0) is 19.0. The van der Waals surface area contributed by atoms with Crippen molar-refractivity contribution < 1.29 is 9.59 Å². The van der Waals surface area contributed by atoms with E-state index in [9.17, 15) is 9.59 Å². The van der Waals surface area contributed by atoms with Crippen LogP contribution in [0.5, 0.6) is 0 Å². The van der Waals surface area contributed by atoms with Crippen LogP contribution < -0.4 is 5.32 Å². The van der Waals surface area contributed by atoms with E-state index in [1.54, 1.807) is 11.8 Å². The van der Waals surface area contributed by atoms with Gasteiger partial charge in [-0.1, -0.05) is 40.2 Å². The van der Waals surface area contributed by atoms with Crippen LogP contribution in [0.25, 0.3) is 10.9 Å². The first kappa shape index (κ1) is 17.8. The maximum Gasteiger partial charge on any atom is 0.255 e. The number of rotatable bonds is 5. The molecule has 6 heteroatoms. The molecule has 1 N–H and O–H groups in total. The molecular weight excluding hydrogens is 406 g/mol. The van der Waals surface area contributed by atoms with Gasteiger partial charge in [-0.3, -0.25) is 9.59 Å². The Morgan fingerprint density at radius 3 is 2.85 bits per heavy atom. The molecule has 1 atom stereocenters. The van der Waals surface area contributed by atoms with E-state index in [4.69, 9.17) is 0 Å². The number of carbonyl (C=O) groups excluding carboxylic acids is 2. The van der Waals surface area contributed by atoms with E-state index in [0.29, 0.717) is 25.2 Å². The van der Waals surface area contributed by atoms with E-state index < -0.39 is 6.04 Å². The van der Waals surface area contributed by atoms with Crippen molar-refractivity contribution in [1.29, 1.82) is 0 Å². The fraction of sp³-hybridized carbons (Fsp3) is 0.238. The summed E-state index contributed by atoms with van der Waals surface area (Å²) in [6, 6.07) is 15.2. The SMILES string of the molecule is CC(C(=O)NCCn1ccc2ccc(Br)cc21)N1Cc2ccccc2C1=O. The molecule has 1 unspecified atom stereocenters. The molecule has 138 valence electrons. The van der Waals surface area contributed by atoms with Gasteiger partial charge in [0.15, 0.2) is 0 Å². The summed E-state index contributed by atoms with van der Waals surface area (Å²) in [7, 11) is 0. The molecule has 0 saturated heterocycles. The summed E-state index contributed by atoms with van der Waals surface area (Å²) in [6.07, 6.45) is 2.02. The molecule has 2 heterocycles. The molecular formula is C21H20BrN3O2. The normalized spacial score (nSPS) is 14.4. The molecule has 0 spiro atoms. The predicted octanol–water partition coefficient (Wildman–Crippen LogP) is 3.56. The molecule has 27 heavy (non-hydrogen) atoms. The second-order valence-electron chi connectivity index (χ2n) is 6.77. The topological polar surface area (TPSA) is 54.3 Å². The van der Waals surface area contributed by atoms with E-state index >= 15 is 0 Å². The molecule has 1 aromatic heterocycles. The molecule has 1 aliphatic heterocycles. The van der Waals surface area contributed by atoms with Gasteiger partial charge in [0.2, 0.25) is 5.91 Å². The largest absolute Gasteiger partial charge is 0.353 e. The Kier molecular flexibility index (Phi) is 4.74. The maximum absolute atomic E-state index is 12.6. The molecule has 0 aliphatic carbocycles. The molecule has 3 aromatic rings. The molecule has 0 bridgehead atoms. The van der Waals surface area contributed by atoms with Gasteiger partial charge in [0, 0.05) is 41.4 Å². The van der Waals surface area contributed by atoms with Gasteiger partial charge in [-0.2, -0.15) is 0 Å². The van der Waals surface area contributed by atoms with Crippen LogP contribution in [-0.4, -0.2) is 33.9 Å². The molecule has 4 rings (SSSR count). The predicted molar refractivity (Wildman–Crippen MR) is 108 cm³/mol. The summed E-state index contributed by atoms with van der Waals surface area (Å²) < 4.78 is 3.14. The van der Waals surface area contributed by atoms with Crippen LogP contribution in [0.3, 0.4) is 0 Å². The number of halogens is 1. The lowest BCUT2D eigenvalue weighted by Gasteiger charge is -2.23. The van der Waals surface area contributed by atoms with Crippen molar-refractivity contribution in [3.8, 4) is 0 Å². The van der Waals surface area contributed by atoms with Crippen LogP contribution in [0.1, 0.15) is 22.8 Å². The number of aromatic nitrogens is 1. The third-order valence-corrected chi connectivity index (χ3v) is 5.58. The van der Waals surface area contributed by atoms with E-state index in [1.165, 1.54) is 5.39 Å². The van der Waals surface area contributed by atoms with E-state index in [1.807, 2.05) is 36.5 Å². The zero-order valence-electron chi connectivity index (χ0n) is 15.0. The first-order chi connectivity index (χ1) is 13.0. The number of hydrogen-bond acceptors (Lipinski definition) is 2. The number of hydrogen-bond donors (Lipinski definition) is 1. The highest BCUT2D eigenvalue weighted by Crippen LogP contribution is 2.24. The third-order valence-electron chi connectivity index (χ3n) is 5.08. The van der Waals surface area contributed by atoms with Crippen molar-refractivity contribution in [2.75, 3.05) is 6.54 Å². The number of nitrogens with zero attached hydrogens (tertiary/aromatic N) is 2. The van der Waals surface area contributed by atoms with Crippen molar-refractivity contribution in [3.05, 3.63) is 70.3 Å². The highest BCUT2D eigenvalue weighted by molar-refractivity contribution is 9.10. The second-order valence-corrected chi connectivity index (χ2v) is 7.69. The monoisotopic (exact) mass is 425 g/mol. The molecule has 2 amide bonds. The summed E-state index contributed by atoms with van der Waals surface area (Å²) in [5, 5.41) is 4.12. The van der Waals surface area contributed by atoms with Gasteiger partial charge in [-0.25, -0.2) is 0 Å². The summed E-state index contributed by atoms with van der Waals surface area (Å²) >= 11 is 3.50. The van der Waals surface area contributed by atoms with Crippen LogP contribution >= 0.6 is 15.9 Å². The van der Waals surface area contributed by atoms with Crippen LogP contribution in [0, 0.1) is 0 Å². The second kappa shape index (κ2) is 7.19. The van der Waals surface area contributed by atoms with Crippen molar-refractivity contribution in [1.82, 2.24) is 14.8 Å². The van der Waals surface area contributed by atoms with E-state index in [2.05, 4.69) is 44.0 Å². The van der Waals surface area contributed by atoms with Crippen molar-refractivity contribution in [2.45, 2.75) is 26.1 Å². The molecule has 2 aromatic carbocycles. The molecule has 0 radical (unpaired) electrons. The fourth-order valence-corrected chi connectivity index (χ4v) is 3.88. The standard InChI is InChI=1S/C21H20BrN3O2/c1-14(25-13-16-4-2-3-5-18(16)21(25)27)20(26)23-9-11-24-10-8-15-6-7-17(22)12-19(15)24/h2-8,10,12,14H,9,11,13H2,1H3,(H,23,26).